The van der Waals surface area contributed by atoms with Crippen LogP contribution in [0, 0.1) is 4.91 Å². The van der Waals surface area contributed by atoms with Crippen molar-refractivity contribution in [2.45, 2.75) is 25.8 Å². The molecule has 0 aliphatic carbocycles. The molecule has 1 aromatic rings. The SMILES string of the molecule is CCC(Cc1ccccc1)N=O. The Balaban J connectivity index is 2.56. The Morgan fingerprint density at radius 2 is 2.00 bits per heavy atom. The molecule has 0 aliphatic heterocycles. The van der Waals surface area contributed by atoms with Crippen molar-refractivity contribution in [3.8, 4) is 0 Å². The summed E-state index contributed by atoms with van der Waals surface area (Å²) in [6, 6.07) is 9.91. The van der Waals surface area contributed by atoms with Gasteiger partial charge in [0, 0.05) is 0 Å². The van der Waals surface area contributed by atoms with Crippen LogP contribution in [0.4, 0.5) is 0 Å². The van der Waals surface area contributed by atoms with E-state index in [9.17, 15) is 4.91 Å². The quantitative estimate of drug-likeness (QED) is 0.627. The van der Waals surface area contributed by atoms with Gasteiger partial charge in [-0.3, -0.25) is 0 Å². The van der Waals surface area contributed by atoms with Gasteiger partial charge in [-0.1, -0.05) is 42.4 Å². The Kier molecular flexibility index (Phi) is 3.45. The van der Waals surface area contributed by atoms with Crippen LogP contribution in [-0.4, -0.2) is 6.04 Å². The van der Waals surface area contributed by atoms with Gasteiger partial charge in [-0.2, -0.15) is 4.91 Å². The highest BCUT2D eigenvalue weighted by Crippen LogP contribution is 2.07. The number of nitroso groups, excluding NO2 is 1. The van der Waals surface area contributed by atoms with Gasteiger partial charge in [-0.05, 0) is 18.4 Å². The third-order valence-electron chi connectivity index (χ3n) is 1.93. The molecule has 0 radical (unpaired) electrons. The maximum Gasteiger partial charge on any atom is 0.0957 e. The van der Waals surface area contributed by atoms with Crippen molar-refractivity contribution in [1.29, 1.82) is 0 Å². The van der Waals surface area contributed by atoms with E-state index in [1.54, 1.807) is 0 Å². The molecule has 0 fully saturated rings. The molecule has 12 heavy (non-hydrogen) atoms. The fraction of sp³-hybridized carbons (Fsp3) is 0.400. The largest absolute Gasteiger partial charge is 0.151 e. The van der Waals surface area contributed by atoms with E-state index in [-0.39, 0.29) is 6.04 Å². The lowest BCUT2D eigenvalue weighted by Crippen LogP contribution is -2.05. The maximum atomic E-state index is 10.3. The van der Waals surface area contributed by atoms with Gasteiger partial charge in [0.25, 0.3) is 0 Å². The summed E-state index contributed by atoms with van der Waals surface area (Å²) in [5.41, 5.74) is 1.18. The zero-order chi connectivity index (χ0) is 8.81. The molecule has 0 bridgehead atoms. The molecule has 0 N–H and O–H groups in total. The first-order chi connectivity index (χ1) is 5.86. The van der Waals surface area contributed by atoms with Gasteiger partial charge < -0.3 is 0 Å². The van der Waals surface area contributed by atoms with Crippen molar-refractivity contribution in [3.63, 3.8) is 0 Å². The predicted octanol–water partition coefficient (Wildman–Crippen LogP) is 2.77. The van der Waals surface area contributed by atoms with Crippen molar-refractivity contribution in [3.05, 3.63) is 40.8 Å². The van der Waals surface area contributed by atoms with E-state index >= 15 is 0 Å². The summed E-state index contributed by atoms with van der Waals surface area (Å²) < 4.78 is 0. The molecule has 0 aromatic heterocycles. The van der Waals surface area contributed by atoms with Crippen molar-refractivity contribution < 1.29 is 0 Å². The second-order valence-electron chi connectivity index (χ2n) is 2.86. The van der Waals surface area contributed by atoms with Crippen LogP contribution in [0.5, 0.6) is 0 Å². The lowest BCUT2D eigenvalue weighted by molar-refractivity contribution is 0.644. The highest BCUT2D eigenvalue weighted by molar-refractivity contribution is 5.15. The molecule has 1 unspecified atom stereocenters. The first-order valence-corrected chi connectivity index (χ1v) is 4.23. The molecule has 0 saturated heterocycles. The van der Waals surface area contributed by atoms with Gasteiger partial charge >= 0.3 is 0 Å². The standard InChI is InChI=1S/C10H13NO/c1-2-10(11-12)8-9-6-4-3-5-7-9/h3-7,10H,2,8H2,1H3. The normalized spacial score (nSPS) is 12.4. The van der Waals surface area contributed by atoms with Crippen LogP contribution in [0.3, 0.4) is 0 Å². The minimum absolute atomic E-state index is 0.0626. The molecule has 1 aromatic carbocycles. The summed E-state index contributed by atoms with van der Waals surface area (Å²) in [4.78, 5) is 10.3. The molecular formula is C10H13NO. The summed E-state index contributed by atoms with van der Waals surface area (Å²) >= 11 is 0. The highest BCUT2D eigenvalue weighted by Gasteiger charge is 2.05. The molecule has 1 atom stereocenters. The molecule has 0 saturated carbocycles. The van der Waals surface area contributed by atoms with E-state index in [0.717, 1.165) is 12.8 Å². The molecule has 2 nitrogen and oxygen atoms in total. The smallest absolute Gasteiger partial charge is 0.0957 e. The molecule has 0 heterocycles. The summed E-state index contributed by atoms with van der Waals surface area (Å²) in [5, 5.41) is 3.05. The van der Waals surface area contributed by atoms with Crippen LogP contribution in [0.1, 0.15) is 18.9 Å². The Bertz CT molecular complexity index is 233. The number of benzene rings is 1. The zero-order valence-electron chi connectivity index (χ0n) is 7.23. The van der Waals surface area contributed by atoms with Crippen molar-refractivity contribution in [1.82, 2.24) is 0 Å². The molecule has 64 valence electrons. The summed E-state index contributed by atoms with van der Waals surface area (Å²) in [7, 11) is 0. The van der Waals surface area contributed by atoms with E-state index in [4.69, 9.17) is 0 Å². The fourth-order valence-corrected chi connectivity index (χ4v) is 1.14. The van der Waals surface area contributed by atoms with Gasteiger partial charge in [0.1, 0.15) is 0 Å². The molecule has 0 amide bonds. The number of rotatable bonds is 4. The average molecular weight is 163 g/mol. The molecular weight excluding hydrogens is 150 g/mol. The Hall–Kier alpha value is -1.18. The van der Waals surface area contributed by atoms with E-state index in [1.165, 1.54) is 5.56 Å². The van der Waals surface area contributed by atoms with E-state index in [2.05, 4.69) is 5.18 Å². The van der Waals surface area contributed by atoms with E-state index in [1.807, 2.05) is 37.3 Å². The van der Waals surface area contributed by atoms with Crippen LogP contribution in [0.2, 0.25) is 0 Å². The van der Waals surface area contributed by atoms with Gasteiger partial charge in [-0.25, -0.2) is 0 Å². The van der Waals surface area contributed by atoms with Gasteiger partial charge in [-0.15, -0.1) is 0 Å². The number of nitrogens with zero attached hydrogens (tertiary/aromatic N) is 1. The highest BCUT2D eigenvalue weighted by atomic mass is 16.3. The minimum Gasteiger partial charge on any atom is -0.151 e. The minimum atomic E-state index is -0.0626. The van der Waals surface area contributed by atoms with Crippen LogP contribution in [-0.2, 0) is 6.42 Å². The molecule has 0 spiro atoms. The average Bonchev–Trinajstić information content (AvgIpc) is 2.16. The van der Waals surface area contributed by atoms with Crippen LogP contribution in [0.15, 0.2) is 35.5 Å². The first kappa shape index (κ1) is 8.91. The number of hydrogen-bond acceptors (Lipinski definition) is 2. The van der Waals surface area contributed by atoms with Crippen LogP contribution in [0.25, 0.3) is 0 Å². The summed E-state index contributed by atoms with van der Waals surface area (Å²) in [5.74, 6) is 0. The number of hydrogen-bond donors (Lipinski definition) is 0. The third kappa shape index (κ3) is 2.46. The zero-order valence-corrected chi connectivity index (χ0v) is 7.23. The summed E-state index contributed by atoms with van der Waals surface area (Å²) in [6.45, 7) is 1.98. The van der Waals surface area contributed by atoms with Gasteiger partial charge in [0.05, 0.1) is 6.04 Å². The van der Waals surface area contributed by atoms with Crippen molar-refractivity contribution in [2.75, 3.05) is 0 Å². The molecule has 0 aliphatic rings. The second-order valence-corrected chi connectivity index (χ2v) is 2.86. The predicted molar refractivity (Wildman–Crippen MR) is 50.0 cm³/mol. The molecule has 2 heteroatoms. The van der Waals surface area contributed by atoms with Gasteiger partial charge in [0.15, 0.2) is 0 Å². The lowest BCUT2D eigenvalue weighted by Gasteiger charge is -2.04. The van der Waals surface area contributed by atoms with Crippen molar-refractivity contribution >= 4 is 0 Å². The van der Waals surface area contributed by atoms with Crippen molar-refractivity contribution in [2.24, 2.45) is 5.18 Å². The third-order valence-corrected chi connectivity index (χ3v) is 1.93. The maximum absolute atomic E-state index is 10.3. The Labute approximate surface area is 72.6 Å². The Morgan fingerprint density at radius 3 is 2.50 bits per heavy atom. The lowest BCUT2D eigenvalue weighted by atomic mass is 10.1. The summed E-state index contributed by atoms with van der Waals surface area (Å²) in [6.07, 6.45) is 1.58. The van der Waals surface area contributed by atoms with E-state index < -0.39 is 0 Å². The molecule has 1 rings (SSSR count). The monoisotopic (exact) mass is 163 g/mol. The second kappa shape index (κ2) is 4.65. The van der Waals surface area contributed by atoms with Gasteiger partial charge in [0.2, 0.25) is 0 Å². The fourth-order valence-electron chi connectivity index (χ4n) is 1.14. The van der Waals surface area contributed by atoms with Crippen LogP contribution >= 0.6 is 0 Å². The topological polar surface area (TPSA) is 29.4 Å². The first-order valence-electron chi connectivity index (χ1n) is 4.23. The van der Waals surface area contributed by atoms with E-state index in [0.29, 0.717) is 0 Å². The van der Waals surface area contributed by atoms with Crippen LogP contribution < -0.4 is 0 Å². The Morgan fingerprint density at radius 1 is 1.33 bits per heavy atom.